The molecule has 1 N–H and O–H groups in total. The third-order valence-corrected chi connectivity index (χ3v) is 7.40. The Hall–Kier alpha value is -5.10. The number of hydrogen-bond donors (Lipinski definition) is 1. The van der Waals surface area contributed by atoms with E-state index in [1.165, 1.54) is 0 Å². The topological polar surface area (TPSA) is 82.1 Å². The minimum absolute atomic E-state index is 0.0607. The van der Waals surface area contributed by atoms with E-state index in [2.05, 4.69) is 12.2 Å². The van der Waals surface area contributed by atoms with Crippen molar-refractivity contribution in [2.45, 2.75) is 12.3 Å². The van der Waals surface area contributed by atoms with Gasteiger partial charge in [0.15, 0.2) is 17.3 Å². The van der Waals surface area contributed by atoms with Crippen molar-refractivity contribution in [1.29, 1.82) is 0 Å². The summed E-state index contributed by atoms with van der Waals surface area (Å²) in [6, 6.07) is 27.8. The Balaban J connectivity index is 1.56. The number of hydrogen-bond acceptors (Lipinski definition) is 5. The van der Waals surface area contributed by atoms with Crippen LogP contribution in [0.4, 0.5) is 0 Å². The number of allylic oxidation sites excluding steroid dienone is 1. The number of ketones is 1. The number of benzene rings is 4. The van der Waals surface area contributed by atoms with Gasteiger partial charge in [0.25, 0.3) is 0 Å². The lowest BCUT2D eigenvalue weighted by atomic mass is 9.79. The quantitative estimate of drug-likeness (QED) is 0.208. The molecular weight excluding hydrogens is 504 g/mol. The largest absolute Gasteiger partial charge is 0.497 e. The van der Waals surface area contributed by atoms with Crippen LogP contribution in [0.25, 0.3) is 17.7 Å². The van der Waals surface area contributed by atoms with Gasteiger partial charge in [0, 0.05) is 17.1 Å². The molecule has 4 aromatic rings. The maximum Gasteiger partial charge on any atom is 0.336 e. The van der Waals surface area contributed by atoms with Crippen LogP contribution in [-0.4, -0.2) is 30.8 Å². The number of carbonyl (C=O) groups excluding carboxylic acids is 1. The molecule has 2 aliphatic rings. The molecule has 0 spiro atoms. The van der Waals surface area contributed by atoms with Crippen molar-refractivity contribution in [2.75, 3.05) is 13.9 Å². The number of carboxylic acid groups (broad SMARTS) is 1. The van der Waals surface area contributed by atoms with Gasteiger partial charge in [-0.15, -0.1) is 0 Å². The minimum atomic E-state index is -1.19. The second-order valence-electron chi connectivity index (χ2n) is 9.63. The normalized spacial score (nSPS) is 14.0. The number of aliphatic carboxylic acids is 1. The maximum atomic E-state index is 14.2. The highest BCUT2D eigenvalue weighted by Gasteiger charge is 2.30. The minimum Gasteiger partial charge on any atom is -0.497 e. The number of carboxylic acids is 1. The zero-order chi connectivity index (χ0) is 27.6. The van der Waals surface area contributed by atoms with Gasteiger partial charge in [-0.1, -0.05) is 66.7 Å². The van der Waals surface area contributed by atoms with Gasteiger partial charge >= 0.3 is 5.97 Å². The second kappa shape index (κ2) is 10.6. The van der Waals surface area contributed by atoms with E-state index in [0.29, 0.717) is 28.4 Å². The number of carbonyl (C=O) groups is 2. The fourth-order valence-electron chi connectivity index (χ4n) is 5.43. The first kappa shape index (κ1) is 25.2. The molecule has 4 aromatic carbocycles. The van der Waals surface area contributed by atoms with Gasteiger partial charge in [-0.2, -0.15) is 0 Å². The Kier molecular flexibility index (Phi) is 6.66. The molecule has 1 aliphatic heterocycles. The second-order valence-corrected chi connectivity index (χ2v) is 9.63. The Bertz CT molecular complexity index is 1630. The van der Waals surface area contributed by atoms with Crippen molar-refractivity contribution < 1.29 is 28.9 Å². The van der Waals surface area contributed by atoms with Gasteiger partial charge in [-0.05, 0) is 70.6 Å². The lowest BCUT2D eigenvalue weighted by Gasteiger charge is -2.23. The van der Waals surface area contributed by atoms with Crippen LogP contribution in [0.1, 0.15) is 50.5 Å². The summed E-state index contributed by atoms with van der Waals surface area (Å²) < 4.78 is 16.2. The van der Waals surface area contributed by atoms with E-state index >= 15 is 0 Å². The van der Waals surface area contributed by atoms with Crippen LogP contribution in [-0.2, 0) is 4.79 Å². The molecule has 0 unspecified atom stereocenters. The predicted octanol–water partition coefficient (Wildman–Crippen LogP) is 6.85. The summed E-state index contributed by atoms with van der Waals surface area (Å²) in [5.74, 6) is -0.220. The average molecular weight is 531 g/mol. The third-order valence-electron chi connectivity index (χ3n) is 7.40. The fraction of sp³-hybridized carbons (Fsp3) is 0.118. The zero-order valence-corrected chi connectivity index (χ0v) is 21.8. The third kappa shape index (κ3) is 4.64. The van der Waals surface area contributed by atoms with Crippen molar-refractivity contribution >= 4 is 29.5 Å². The van der Waals surface area contributed by atoms with E-state index in [1.54, 1.807) is 49.6 Å². The molecule has 1 heterocycles. The number of methoxy groups -OCH3 is 1. The molecule has 6 nitrogen and oxygen atoms in total. The van der Waals surface area contributed by atoms with Crippen molar-refractivity contribution in [3.05, 3.63) is 130 Å². The first-order valence-electron chi connectivity index (χ1n) is 12.9. The first-order valence-corrected chi connectivity index (χ1v) is 12.9. The Morgan fingerprint density at radius 1 is 0.800 bits per heavy atom. The van der Waals surface area contributed by atoms with E-state index in [1.807, 2.05) is 48.5 Å². The first-order chi connectivity index (χ1) is 19.5. The molecule has 0 atom stereocenters. The number of ether oxygens (including phenoxy) is 3. The van der Waals surface area contributed by atoms with Gasteiger partial charge in [0.1, 0.15) is 5.75 Å². The van der Waals surface area contributed by atoms with Crippen LogP contribution in [0.3, 0.4) is 0 Å². The summed E-state index contributed by atoms with van der Waals surface area (Å²) in [5.41, 5.74) is 5.00. The van der Waals surface area contributed by atoms with Crippen LogP contribution >= 0.6 is 0 Å². The highest BCUT2D eigenvalue weighted by Crippen LogP contribution is 2.42. The summed E-state index contributed by atoms with van der Waals surface area (Å²) in [4.78, 5) is 27.2. The molecule has 198 valence electrons. The van der Waals surface area contributed by atoms with Crippen molar-refractivity contribution in [2.24, 2.45) is 0 Å². The monoisotopic (exact) mass is 530 g/mol. The molecule has 0 amide bonds. The molecule has 0 saturated carbocycles. The molecule has 0 bridgehead atoms. The van der Waals surface area contributed by atoms with Crippen LogP contribution in [0.15, 0.2) is 96.6 Å². The van der Waals surface area contributed by atoms with Crippen molar-refractivity contribution in [1.82, 2.24) is 0 Å². The smallest absolute Gasteiger partial charge is 0.336 e. The van der Waals surface area contributed by atoms with E-state index in [9.17, 15) is 14.7 Å². The number of Topliss-reactive ketones (excluding diaryl/α,β-unsaturated/α-hetero) is 1. The van der Waals surface area contributed by atoms with Crippen LogP contribution in [0, 0.1) is 0 Å². The number of rotatable bonds is 7. The van der Waals surface area contributed by atoms with E-state index < -0.39 is 5.97 Å². The molecular formula is C34H26O6. The van der Waals surface area contributed by atoms with Crippen molar-refractivity contribution in [3.8, 4) is 17.2 Å². The zero-order valence-electron chi connectivity index (χ0n) is 21.8. The van der Waals surface area contributed by atoms with Crippen LogP contribution in [0.5, 0.6) is 17.2 Å². The van der Waals surface area contributed by atoms with E-state index in [0.717, 1.165) is 22.3 Å². The van der Waals surface area contributed by atoms with Gasteiger partial charge in [-0.25, -0.2) is 4.79 Å². The number of fused-ring (bicyclic) bond motifs is 3. The predicted molar refractivity (Wildman–Crippen MR) is 153 cm³/mol. The maximum absolute atomic E-state index is 14.2. The molecule has 1 aliphatic carbocycles. The summed E-state index contributed by atoms with van der Waals surface area (Å²) >= 11 is 0. The van der Waals surface area contributed by atoms with Gasteiger partial charge < -0.3 is 19.3 Å². The Morgan fingerprint density at radius 2 is 1.40 bits per heavy atom. The van der Waals surface area contributed by atoms with Gasteiger partial charge in [0.2, 0.25) is 6.79 Å². The molecule has 0 aromatic heterocycles. The molecule has 0 fully saturated rings. The van der Waals surface area contributed by atoms with Gasteiger partial charge in [-0.3, -0.25) is 4.79 Å². The summed E-state index contributed by atoms with van der Waals surface area (Å²) in [5, 5.41) is 10.6. The highest BCUT2D eigenvalue weighted by molar-refractivity contribution is 6.26. The molecule has 0 radical (unpaired) electrons. The Morgan fingerprint density at radius 3 is 2.02 bits per heavy atom. The van der Waals surface area contributed by atoms with Crippen LogP contribution in [0.2, 0.25) is 0 Å². The van der Waals surface area contributed by atoms with E-state index in [-0.39, 0.29) is 36.1 Å². The lowest BCUT2D eigenvalue weighted by Crippen LogP contribution is -2.16. The van der Waals surface area contributed by atoms with E-state index in [4.69, 9.17) is 14.2 Å². The highest BCUT2D eigenvalue weighted by atomic mass is 16.7. The molecule has 0 saturated heterocycles. The summed E-state index contributed by atoms with van der Waals surface area (Å²) in [6.07, 6.45) is 4.31. The summed E-state index contributed by atoms with van der Waals surface area (Å²) in [7, 11) is 1.55. The standard InChI is InChI=1S/C34H26O6/c1-38-25-15-12-23(13-16-25)33(35)29(32(34(36)37)24-14-17-30-31(18-24)40-20-39-30)19-28-26-8-4-2-6-21(26)10-11-22-7-3-5-9-27(22)28/h2-18,28H,19-20H2,1H3,(H,36,37)/b32-29-. The molecule has 6 heteroatoms. The Labute approximate surface area is 231 Å². The lowest BCUT2D eigenvalue weighted by molar-refractivity contribution is -0.130. The van der Waals surface area contributed by atoms with Crippen molar-refractivity contribution in [3.63, 3.8) is 0 Å². The molecule has 40 heavy (non-hydrogen) atoms. The van der Waals surface area contributed by atoms with Gasteiger partial charge in [0.05, 0.1) is 12.7 Å². The fourth-order valence-corrected chi connectivity index (χ4v) is 5.43. The SMILES string of the molecule is COc1ccc(C(=O)/C(CC2c3ccccc3C=Cc3ccccc32)=C(\C(=O)O)c2ccc3c(c2)OCO3)cc1. The van der Waals surface area contributed by atoms with Crippen LogP contribution < -0.4 is 14.2 Å². The molecule has 6 rings (SSSR count). The summed E-state index contributed by atoms with van der Waals surface area (Å²) in [6.45, 7) is 0.0607. The average Bonchev–Trinajstić information content (AvgIpc) is 3.40.